The van der Waals surface area contributed by atoms with Crippen molar-refractivity contribution in [3.63, 3.8) is 0 Å². The SMILES string of the molecule is O=[N+]([O-])c1ccc(N/N=C/c2cc(C(F)(F)F)cc(C(F)(F)F)c2)cc1. The predicted octanol–water partition coefficient (Wildman–Crippen LogP) is 5.08. The third-order valence-corrected chi connectivity index (χ3v) is 3.10. The Morgan fingerprint density at radius 3 is 1.85 bits per heavy atom. The number of nitrogens with one attached hydrogen (secondary N) is 1. The number of alkyl halides is 6. The summed E-state index contributed by atoms with van der Waals surface area (Å²) >= 11 is 0. The number of nitro groups is 1. The van der Waals surface area contributed by atoms with E-state index in [1.165, 1.54) is 12.1 Å². The highest BCUT2D eigenvalue weighted by molar-refractivity contribution is 5.81. The normalized spacial score (nSPS) is 12.4. The van der Waals surface area contributed by atoms with Gasteiger partial charge in [0.1, 0.15) is 0 Å². The van der Waals surface area contributed by atoms with Gasteiger partial charge in [-0.25, -0.2) is 0 Å². The summed E-state index contributed by atoms with van der Waals surface area (Å²) in [5.41, 5.74) is -0.893. The summed E-state index contributed by atoms with van der Waals surface area (Å²) in [5, 5.41) is 14.1. The molecule has 0 bridgehead atoms. The monoisotopic (exact) mass is 377 g/mol. The number of non-ortho nitro benzene ring substituents is 1. The lowest BCUT2D eigenvalue weighted by molar-refractivity contribution is -0.384. The Labute approximate surface area is 142 Å². The van der Waals surface area contributed by atoms with Gasteiger partial charge in [0.05, 0.1) is 28.0 Å². The predicted molar refractivity (Wildman–Crippen MR) is 80.8 cm³/mol. The van der Waals surface area contributed by atoms with Gasteiger partial charge in [-0.1, -0.05) is 0 Å². The second-order valence-corrected chi connectivity index (χ2v) is 5.01. The van der Waals surface area contributed by atoms with Gasteiger partial charge in [0.25, 0.3) is 5.69 Å². The highest BCUT2D eigenvalue weighted by Gasteiger charge is 2.36. The second kappa shape index (κ2) is 7.02. The molecule has 0 unspecified atom stereocenters. The molecule has 0 amide bonds. The van der Waals surface area contributed by atoms with E-state index >= 15 is 0 Å². The standard InChI is InChI=1S/C15H9F6N3O2/c16-14(17,18)10-5-9(6-11(7-10)15(19,20)21)8-22-23-12-1-3-13(4-2-12)24(25)26/h1-8,23H/b22-8+. The molecule has 0 radical (unpaired) electrons. The number of hydrogen-bond donors (Lipinski definition) is 1. The van der Waals surface area contributed by atoms with Crippen LogP contribution in [0.4, 0.5) is 37.7 Å². The first-order valence-corrected chi connectivity index (χ1v) is 6.80. The number of nitrogens with zero attached hydrogens (tertiary/aromatic N) is 2. The summed E-state index contributed by atoms with van der Waals surface area (Å²) in [5.74, 6) is 0. The topological polar surface area (TPSA) is 67.5 Å². The molecule has 0 saturated heterocycles. The number of rotatable bonds is 4. The molecule has 0 spiro atoms. The molecule has 0 aromatic heterocycles. The number of nitro benzene ring substituents is 1. The summed E-state index contributed by atoms with van der Waals surface area (Å²) in [6, 6.07) is 5.94. The van der Waals surface area contributed by atoms with Crippen molar-refractivity contribution in [1.29, 1.82) is 0 Å². The van der Waals surface area contributed by atoms with E-state index in [9.17, 15) is 36.5 Å². The van der Waals surface area contributed by atoms with E-state index in [1.54, 1.807) is 0 Å². The fourth-order valence-electron chi connectivity index (χ4n) is 1.89. The molecular formula is C15H9F6N3O2. The molecule has 0 aliphatic heterocycles. The van der Waals surface area contributed by atoms with Crippen LogP contribution in [0.3, 0.4) is 0 Å². The summed E-state index contributed by atoms with van der Waals surface area (Å²) < 4.78 is 76.5. The Morgan fingerprint density at radius 2 is 1.42 bits per heavy atom. The molecule has 5 nitrogen and oxygen atoms in total. The Hall–Kier alpha value is -3.11. The quantitative estimate of drug-likeness (QED) is 0.350. The maximum atomic E-state index is 12.7. The van der Waals surface area contributed by atoms with Gasteiger partial charge in [-0.3, -0.25) is 15.5 Å². The molecule has 2 aromatic rings. The molecular weight excluding hydrogens is 368 g/mol. The molecule has 2 rings (SSSR count). The van der Waals surface area contributed by atoms with Crippen LogP contribution in [0.25, 0.3) is 0 Å². The molecule has 0 aliphatic carbocycles. The molecule has 1 N–H and O–H groups in total. The van der Waals surface area contributed by atoms with Crippen LogP contribution in [-0.4, -0.2) is 11.1 Å². The minimum Gasteiger partial charge on any atom is -0.278 e. The zero-order chi connectivity index (χ0) is 19.5. The van der Waals surface area contributed by atoms with E-state index < -0.39 is 34.0 Å². The Balaban J connectivity index is 2.24. The third-order valence-electron chi connectivity index (χ3n) is 3.10. The van der Waals surface area contributed by atoms with Crippen LogP contribution in [0.2, 0.25) is 0 Å². The summed E-state index contributed by atoms with van der Waals surface area (Å²) in [6.45, 7) is 0. The van der Waals surface area contributed by atoms with E-state index in [-0.39, 0.29) is 17.4 Å². The van der Waals surface area contributed by atoms with Gasteiger partial charge in [0.2, 0.25) is 0 Å². The Kier molecular flexibility index (Phi) is 5.19. The fraction of sp³-hybridized carbons (Fsp3) is 0.133. The number of hydrazone groups is 1. The third kappa shape index (κ3) is 4.94. The van der Waals surface area contributed by atoms with Crippen LogP contribution in [0.1, 0.15) is 16.7 Å². The van der Waals surface area contributed by atoms with E-state index in [0.29, 0.717) is 12.1 Å². The summed E-state index contributed by atoms with van der Waals surface area (Å²) in [4.78, 5) is 9.88. The van der Waals surface area contributed by atoms with Crippen molar-refractivity contribution in [3.8, 4) is 0 Å². The number of benzene rings is 2. The summed E-state index contributed by atoms with van der Waals surface area (Å²) in [7, 11) is 0. The molecule has 0 aliphatic rings. The maximum absolute atomic E-state index is 12.7. The van der Waals surface area contributed by atoms with Gasteiger partial charge < -0.3 is 0 Å². The lowest BCUT2D eigenvalue weighted by Gasteiger charge is -2.12. The molecule has 0 heterocycles. The van der Waals surface area contributed by atoms with Gasteiger partial charge >= 0.3 is 12.4 Å². The van der Waals surface area contributed by atoms with Crippen LogP contribution >= 0.6 is 0 Å². The van der Waals surface area contributed by atoms with Crippen molar-refractivity contribution in [2.75, 3.05) is 5.43 Å². The first kappa shape index (κ1) is 19.2. The van der Waals surface area contributed by atoms with Crippen LogP contribution in [0.15, 0.2) is 47.6 Å². The zero-order valence-corrected chi connectivity index (χ0v) is 12.6. The van der Waals surface area contributed by atoms with Crippen molar-refractivity contribution in [1.82, 2.24) is 0 Å². The first-order chi connectivity index (χ1) is 12.0. The highest BCUT2D eigenvalue weighted by Crippen LogP contribution is 2.36. The smallest absolute Gasteiger partial charge is 0.278 e. The fourth-order valence-corrected chi connectivity index (χ4v) is 1.89. The van der Waals surface area contributed by atoms with Gasteiger partial charge in [-0.15, -0.1) is 0 Å². The van der Waals surface area contributed by atoms with Gasteiger partial charge in [-0.2, -0.15) is 31.4 Å². The van der Waals surface area contributed by atoms with Crippen molar-refractivity contribution in [2.24, 2.45) is 5.10 Å². The number of hydrogen-bond acceptors (Lipinski definition) is 4. The minimum atomic E-state index is -4.95. The van der Waals surface area contributed by atoms with Crippen molar-refractivity contribution < 1.29 is 31.3 Å². The minimum absolute atomic E-state index is 0.0150. The van der Waals surface area contributed by atoms with E-state index in [1.807, 2.05) is 0 Å². The molecule has 0 saturated carbocycles. The van der Waals surface area contributed by atoms with E-state index in [4.69, 9.17) is 0 Å². The lowest BCUT2D eigenvalue weighted by Crippen LogP contribution is -2.11. The van der Waals surface area contributed by atoms with E-state index in [0.717, 1.165) is 18.3 Å². The van der Waals surface area contributed by atoms with Crippen LogP contribution in [0, 0.1) is 10.1 Å². The molecule has 138 valence electrons. The van der Waals surface area contributed by atoms with Crippen LogP contribution in [0.5, 0.6) is 0 Å². The van der Waals surface area contributed by atoms with Crippen molar-refractivity contribution in [2.45, 2.75) is 12.4 Å². The zero-order valence-electron chi connectivity index (χ0n) is 12.6. The van der Waals surface area contributed by atoms with Crippen LogP contribution in [-0.2, 0) is 12.4 Å². The van der Waals surface area contributed by atoms with Gasteiger partial charge in [0, 0.05) is 12.1 Å². The average Bonchev–Trinajstić information content (AvgIpc) is 2.53. The lowest BCUT2D eigenvalue weighted by atomic mass is 10.1. The van der Waals surface area contributed by atoms with Gasteiger partial charge in [-0.05, 0) is 35.9 Å². The molecule has 0 atom stereocenters. The first-order valence-electron chi connectivity index (χ1n) is 6.80. The van der Waals surface area contributed by atoms with Crippen LogP contribution < -0.4 is 5.43 Å². The highest BCUT2D eigenvalue weighted by atomic mass is 19.4. The van der Waals surface area contributed by atoms with E-state index in [2.05, 4.69) is 10.5 Å². The second-order valence-electron chi connectivity index (χ2n) is 5.01. The number of halogens is 6. The Morgan fingerprint density at radius 1 is 0.923 bits per heavy atom. The molecule has 2 aromatic carbocycles. The van der Waals surface area contributed by atoms with Crippen molar-refractivity contribution >= 4 is 17.6 Å². The average molecular weight is 377 g/mol. The summed E-state index contributed by atoms with van der Waals surface area (Å²) in [6.07, 6.45) is -9.11. The van der Waals surface area contributed by atoms with Crippen molar-refractivity contribution in [3.05, 3.63) is 69.3 Å². The molecule has 11 heteroatoms. The Bertz CT molecular complexity index is 797. The number of anilines is 1. The largest absolute Gasteiger partial charge is 0.416 e. The maximum Gasteiger partial charge on any atom is 0.416 e. The van der Waals surface area contributed by atoms with Gasteiger partial charge in [0.15, 0.2) is 0 Å². The molecule has 0 fully saturated rings. The molecule has 26 heavy (non-hydrogen) atoms.